The summed E-state index contributed by atoms with van der Waals surface area (Å²) >= 11 is 0. The summed E-state index contributed by atoms with van der Waals surface area (Å²) in [6, 6.07) is 10.4. The third-order valence-corrected chi connectivity index (χ3v) is 2.39. The molecule has 1 unspecified atom stereocenters. The lowest BCUT2D eigenvalue weighted by molar-refractivity contribution is 0.701. The predicted octanol–water partition coefficient (Wildman–Crippen LogP) is 1.57. The third-order valence-electron chi connectivity index (χ3n) is 2.39. The molecular weight excluding hydrogens is 148 g/mol. The fraction of sp³-hybridized carbons (Fsp3) is 0.400. The third kappa shape index (κ3) is 1.30. The van der Waals surface area contributed by atoms with E-state index in [-0.39, 0.29) is 6.17 Å². The molecule has 0 amide bonds. The van der Waals surface area contributed by atoms with Crippen molar-refractivity contribution < 1.29 is 0 Å². The molecule has 2 heteroatoms. The van der Waals surface area contributed by atoms with Crippen molar-refractivity contribution in [1.82, 2.24) is 0 Å². The largest absolute Gasteiger partial charge is 0.356 e. The second-order valence-corrected chi connectivity index (χ2v) is 3.24. The van der Waals surface area contributed by atoms with Gasteiger partial charge in [-0.15, -0.1) is 0 Å². The summed E-state index contributed by atoms with van der Waals surface area (Å²) in [4.78, 5) is 2.26. The maximum Gasteiger partial charge on any atom is 0.0771 e. The molecule has 64 valence electrons. The number of hydrogen-bond acceptors (Lipinski definition) is 2. The van der Waals surface area contributed by atoms with Crippen molar-refractivity contribution in [2.75, 3.05) is 11.4 Å². The molecule has 0 bridgehead atoms. The van der Waals surface area contributed by atoms with Crippen LogP contribution >= 0.6 is 0 Å². The zero-order valence-electron chi connectivity index (χ0n) is 7.11. The first-order valence-electron chi connectivity index (χ1n) is 4.45. The van der Waals surface area contributed by atoms with Gasteiger partial charge in [-0.2, -0.15) is 0 Å². The summed E-state index contributed by atoms with van der Waals surface area (Å²) in [6.07, 6.45) is 2.57. The number of hydrogen-bond donors (Lipinski definition) is 1. The lowest BCUT2D eigenvalue weighted by Crippen LogP contribution is -2.36. The molecule has 1 aromatic carbocycles. The molecule has 0 aliphatic carbocycles. The summed E-state index contributed by atoms with van der Waals surface area (Å²) in [7, 11) is 0. The van der Waals surface area contributed by atoms with Crippen LogP contribution in [0.5, 0.6) is 0 Å². The van der Waals surface area contributed by atoms with Gasteiger partial charge in [-0.1, -0.05) is 18.2 Å². The SMILES string of the molecule is NC1CCCN1c1ccccc1. The Hall–Kier alpha value is -1.02. The molecule has 1 aliphatic rings. The van der Waals surface area contributed by atoms with E-state index in [1.54, 1.807) is 0 Å². The van der Waals surface area contributed by atoms with Crippen LogP contribution in [0.3, 0.4) is 0 Å². The summed E-state index contributed by atoms with van der Waals surface area (Å²) in [5, 5.41) is 0. The average Bonchev–Trinajstić information content (AvgIpc) is 2.53. The zero-order valence-corrected chi connectivity index (χ0v) is 7.11. The van der Waals surface area contributed by atoms with Gasteiger partial charge in [-0.05, 0) is 25.0 Å². The van der Waals surface area contributed by atoms with Crippen LogP contribution in [0.2, 0.25) is 0 Å². The molecule has 0 spiro atoms. The predicted molar refractivity (Wildman–Crippen MR) is 51.0 cm³/mol. The highest BCUT2D eigenvalue weighted by molar-refractivity contribution is 5.47. The van der Waals surface area contributed by atoms with Crippen molar-refractivity contribution >= 4 is 5.69 Å². The number of para-hydroxylation sites is 1. The van der Waals surface area contributed by atoms with Crippen LogP contribution in [0, 0.1) is 0 Å². The molecule has 1 aliphatic heterocycles. The second-order valence-electron chi connectivity index (χ2n) is 3.24. The van der Waals surface area contributed by atoms with Gasteiger partial charge in [-0.3, -0.25) is 0 Å². The minimum absolute atomic E-state index is 0.229. The van der Waals surface area contributed by atoms with Crippen molar-refractivity contribution in [3.05, 3.63) is 30.3 Å². The fourth-order valence-electron chi connectivity index (χ4n) is 1.73. The maximum atomic E-state index is 5.94. The van der Waals surface area contributed by atoms with Crippen LogP contribution in [0.1, 0.15) is 12.8 Å². The molecule has 0 radical (unpaired) electrons. The minimum Gasteiger partial charge on any atom is -0.356 e. The van der Waals surface area contributed by atoms with E-state index in [1.165, 1.54) is 12.1 Å². The van der Waals surface area contributed by atoms with Gasteiger partial charge >= 0.3 is 0 Å². The highest BCUT2D eigenvalue weighted by Crippen LogP contribution is 2.21. The Morgan fingerprint density at radius 3 is 2.58 bits per heavy atom. The molecule has 1 heterocycles. The second kappa shape index (κ2) is 3.15. The monoisotopic (exact) mass is 162 g/mol. The van der Waals surface area contributed by atoms with Gasteiger partial charge in [0.05, 0.1) is 6.17 Å². The smallest absolute Gasteiger partial charge is 0.0771 e. The van der Waals surface area contributed by atoms with Crippen LogP contribution in [0.25, 0.3) is 0 Å². The molecule has 12 heavy (non-hydrogen) atoms. The quantitative estimate of drug-likeness (QED) is 0.679. The summed E-state index contributed by atoms with van der Waals surface area (Å²) in [5.74, 6) is 0. The lowest BCUT2D eigenvalue weighted by Gasteiger charge is -2.23. The van der Waals surface area contributed by atoms with Gasteiger partial charge in [0.25, 0.3) is 0 Å². The molecule has 1 aromatic rings. The summed E-state index contributed by atoms with van der Waals surface area (Å²) in [5.41, 5.74) is 7.19. The average molecular weight is 162 g/mol. The number of nitrogens with two attached hydrogens (primary N) is 1. The van der Waals surface area contributed by atoms with Crippen LogP contribution < -0.4 is 10.6 Å². The molecule has 0 saturated carbocycles. The molecule has 2 rings (SSSR count). The van der Waals surface area contributed by atoms with Crippen molar-refractivity contribution in [1.29, 1.82) is 0 Å². The number of anilines is 1. The van der Waals surface area contributed by atoms with Gasteiger partial charge in [0.1, 0.15) is 0 Å². The first kappa shape index (κ1) is 7.62. The molecule has 1 atom stereocenters. The highest BCUT2D eigenvalue weighted by atomic mass is 15.2. The first-order chi connectivity index (χ1) is 5.88. The van der Waals surface area contributed by atoms with E-state index >= 15 is 0 Å². The molecule has 2 nitrogen and oxygen atoms in total. The van der Waals surface area contributed by atoms with Crippen molar-refractivity contribution in [3.8, 4) is 0 Å². The van der Waals surface area contributed by atoms with E-state index < -0.39 is 0 Å². The Balaban J connectivity index is 2.19. The van der Waals surface area contributed by atoms with Crippen molar-refractivity contribution in [2.45, 2.75) is 19.0 Å². The molecular formula is C10H14N2. The van der Waals surface area contributed by atoms with Crippen LogP contribution in [-0.4, -0.2) is 12.7 Å². The van der Waals surface area contributed by atoms with Crippen LogP contribution in [0.4, 0.5) is 5.69 Å². The molecule has 0 aromatic heterocycles. The molecule has 1 fully saturated rings. The zero-order chi connectivity index (χ0) is 8.39. The highest BCUT2D eigenvalue weighted by Gasteiger charge is 2.20. The van der Waals surface area contributed by atoms with E-state index in [0.29, 0.717) is 0 Å². The van der Waals surface area contributed by atoms with Crippen molar-refractivity contribution in [3.63, 3.8) is 0 Å². The van der Waals surface area contributed by atoms with E-state index in [1.807, 2.05) is 6.07 Å². The molecule has 1 saturated heterocycles. The maximum absolute atomic E-state index is 5.94. The molecule has 2 N–H and O–H groups in total. The fourth-order valence-corrected chi connectivity index (χ4v) is 1.73. The first-order valence-corrected chi connectivity index (χ1v) is 4.45. The number of benzene rings is 1. The number of rotatable bonds is 1. The van der Waals surface area contributed by atoms with E-state index in [4.69, 9.17) is 5.73 Å². The topological polar surface area (TPSA) is 29.3 Å². The lowest BCUT2D eigenvalue weighted by atomic mass is 10.3. The Kier molecular flexibility index (Phi) is 2.00. The summed E-state index contributed by atoms with van der Waals surface area (Å²) < 4.78 is 0. The van der Waals surface area contributed by atoms with Gasteiger partial charge in [0.2, 0.25) is 0 Å². The van der Waals surface area contributed by atoms with Crippen LogP contribution in [0.15, 0.2) is 30.3 Å². The number of nitrogens with zero attached hydrogens (tertiary/aromatic N) is 1. The van der Waals surface area contributed by atoms with E-state index in [2.05, 4.69) is 29.2 Å². The Morgan fingerprint density at radius 2 is 2.00 bits per heavy atom. The Bertz CT molecular complexity index is 245. The van der Waals surface area contributed by atoms with E-state index in [9.17, 15) is 0 Å². The van der Waals surface area contributed by atoms with Gasteiger partial charge < -0.3 is 10.6 Å². The Morgan fingerprint density at radius 1 is 1.25 bits per heavy atom. The standard InChI is InChI=1S/C10H14N2/c11-10-7-4-8-12(10)9-5-2-1-3-6-9/h1-3,5-6,10H,4,7-8,11H2. The van der Waals surface area contributed by atoms with Gasteiger partial charge in [0.15, 0.2) is 0 Å². The van der Waals surface area contributed by atoms with E-state index in [0.717, 1.165) is 13.0 Å². The normalized spacial score (nSPS) is 23.1. The Labute approximate surface area is 73.0 Å². The van der Waals surface area contributed by atoms with Gasteiger partial charge in [-0.25, -0.2) is 0 Å². The van der Waals surface area contributed by atoms with Crippen molar-refractivity contribution in [2.24, 2.45) is 5.73 Å². The van der Waals surface area contributed by atoms with Gasteiger partial charge in [0, 0.05) is 12.2 Å². The summed E-state index contributed by atoms with van der Waals surface area (Å²) in [6.45, 7) is 1.10. The minimum atomic E-state index is 0.229. The van der Waals surface area contributed by atoms with Crippen LogP contribution in [-0.2, 0) is 0 Å².